The Morgan fingerprint density at radius 3 is 1.70 bits per heavy atom. The van der Waals surface area contributed by atoms with Crippen molar-refractivity contribution in [1.29, 1.82) is 0 Å². The number of rotatable bonds is 6. The van der Waals surface area contributed by atoms with Gasteiger partial charge in [0.25, 0.3) is 0 Å². The highest BCUT2D eigenvalue weighted by molar-refractivity contribution is 5.64. The first-order valence-electron chi connectivity index (χ1n) is 7.56. The second kappa shape index (κ2) is 7.09. The van der Waals surface area contributed by atoms with Crippen LogP contribution < -0.4 is 16.4 Å². The minimum Gasteiger partial charge on any atom is -0.383 e. The fourth-order valence-electron chi connectivity index (χ4n) is 2.63. The van der Waals surface area contributed by atoms with Crippen LogP contribution in [0.25, 0.3) is 0 Å². The number of hydrogen-bond acceptors (Lipinski definition) is 3. The lowest BCUT2D eigenvalue weighted by molar-refractivity contribution is 0.484. The lowest BCUT2D eigenvalue weighted by atomic mass is 9.93. The van der Waals surface area contributed by atoms with Crippen molar-refractivity contribution in [1.82, 2.24) is 5.32 Å². The van der Waals surface area contributed by atoms with E-state index >= 15 is 0 Å². The van der Waals surface area contributed by atoms with E-state index in [4.69, 9.17) is 5.73 Å². The molecule has 20 heavy (non-hydrogen) atoms. The number of benzene rings is 1. The Balaban J connectivity index is 2.84. The van der Waals surface area contributed by atoms with Crippen molar-refractivity contribution in [2.75, 3.05) is 18.4 Å². The molecule has 114 valence electrons. The minimum atomic E-state index is 0.357. The van der Waals surface area contributed by atoms with Crippen molar-refractivity contribution in [2.24, 2.45) is 5.73 Å². The molecule has 1 rings (SSSR count). The Hall–Kier alpha value is -1.06. The van der Waals surface area contributed by atoms with Gasteiger partial charge in [-0.25, -0.2) is 0 Å². The van der Waals surface area contributed by atoms with Crippen LogP contribution >= 0.6 is 0 Å². The Morgan fingerprint density at radius 2 is 1.25 bits per heavy atom. The SMILES string of the molecule is Cc1c(C)c(C)c(NCC(C)NC(C)CN)c(C)c1C. The lowest BCUT2D eigenvalue weighted by Gasteiger charge is -2.23. The Kier molecular flexibility index (Phi) is 6.03. The molecule has 0 aromatic heterocycles. The molecule has 0 radical (unpaired) electrons. The molecule has 0 aliphatic heterocycles. The van der Waals surface area contributed by atoms with Crippen LogP contribution in [-0.2, 0) is 0 Å². The predicted octanol–water partition coefficient (Wildman–Crippen LogP) is 2.97. The Morgan fingerprint density at radius 1 is 0.800 bits per heavy atom. The van der Waals surface area contributed by atoms with E-state index in [-0.39, 0.29) is 0 Å². The van der Waals surface area contributed by atoms with E-state index in [9.17, 15) is 0 Å². The van der Waals surface area contributed by atoms with Crippen LogP contribution in [0, 0.1) is 34.6 Å². The monoisotopic (exact) mass is 277 g/mol. The third kappa shape index (κ3) is 3.74. The summed E-state index contributed by atoms with van der Waals surface area (Å²) in [6, 6.07) is 0.754. The topological polar surface area (TPSA) is 50.1 Å². The molecular weight excluding hydrogens is 246 g/mol. The van der Waals surface area contributed by atoms with E-state index in [0.717, 1.165) is 6.54 Å². The average Bonchev–Trinajstić information content (AvgIpc) is 2.42. The van der Waals surface area contributed by atoms with E-state index < -0.39 is 0 Å². The largest absolute Gasteiger partial charge is 0.383 e. The molecule has 3 heteroatoms. The van der Waals surface area contributed by atoms with Gasteiger partial charge in [0.2, 0.25) is 0 Å². The molecule has 4 N–H and O–H groups in total. The third-order valence-electron chi connectivity index (χ3n) is 4.51. The van der Waals surface area contributed by atoms with Crippen LogP contribution in [0.2, 0.25) is 0 Å². The van der Waals surface area contributed by atoms with Crippen molar-refractivity contribution < 1.29 is 0 Å². The molecule has 2 atom stereocenters. The molecule has 0 heterocycles. The second-order valence-electron chi connectivity index (χ2n) is 6.09. The van der Waals surface area contributed by atoms with Gasteiger partial charge in [-0.1, -0.05) is 0 Å². The molecular formula is C17H31N3. The maximum atomic E-state index is 5.65. The fraction of sp³-hybridized carbons (Fsp3) is 0.647. The molecule has 0 spiro atoms. The summed E-state index contributed by atoms with van der Waals surface area (Å²) in [7, 11) is 0. The summed E-state index contributed by atoms with van der Waals surface area (Å²) in [5.74, 6) is 0. The van der Waals surface area contributed by atoms with Gasteiger partial charge >= 0.3 is 0 Å². The summed E-state index contributed by atoms with van der Waals surface area (Å²) in [4.78, 5) is 0. The van der Waals surface area contributed by atoms with Gasteiger partial charge in [-0.15, -0.1) is 0 Å². The zero-order valence-electron chi connectivity index (χ0n) is 14.1. The number of nitrogens with one attached hydrogen (secondary N) is 2. The summed E-state index contributed by atoms with van der Waals surface area (Å²) < 4.78 is 0. The van der Waals surface area contributed by atoms with Gasteiger partial charge < -0.3 is 16.4 Å². The Labute approximate surface area is 124 Å². The normalized spacial score (nSPS) is 14.2. The van der Waals surface area contributed by atoms with Crippen molar-refractivity contribution in [3.05, 3.63) is 27.8 Å². The van der Waals surface area contributed by atoms with Crippen molar-refractivity contribution in [3.63, 3.8) is 0 Å². The van der Waals surface area contributed by atoms with Crippen LogP contribution in [0.15, 0.2) is 0 Å². The van der Waals surface area contributed by atoms with E-state index in [0.29, 0.717) is 18.6 Å². The summed E-state index contributed by atoms with van der Waals surface area (Å²) in [5, 5.41) is 7.11. The van der Waals surface area contributed by atoms with Gasteiger partial charge in [-0.05, 0) is 76.3 Å². The first-order valence-corrected chi connectivity index (χ1v) is 7.56. The molecule has 1 aromatic rings. The Bertz CT molecular complexity index is 437. The van der Waals surface area contributed by atoms with Crippen LogP contribution in [0.3, 0.4) is 0 Å². The zero-order chi connectivity index (χ0) is 15.4. The molecule has 3 nitrogen and oxygen atoms in total. The van der Waals surface area contributed by atoms with Gasteiger partial charge in [-0.2, -0.15) is 0 Å². The highest BCUT2D eigenvalue weighted by atomic mass is 15.0. The van der Waals surface area contributed by atoms with Crippen molar-refractivity contribution in [2.45, 2.75) is 60.5 Å². The summed E-state index contributed by atoms with van der Waals surface area (Å²) in [5.41, 5.74) is 13.9. The van der Waals surface area contributed by atoms with Crippen LogP contribution in [0.5, 0.6) is 0 Å². The lowest BCUT2D eigenvalue weighted by Crippen LogP contribution is -2.42. The summed E-state index contributed by atoms with van der Waals surface area (Å²) in [6.45, 7) is 16.9. The molecule has 0 amide bonds. The van der Waals surface area contributed by atoms with Crippen molar-refractivity contribution >= 4 is 5.69 Å². The van der Waals surface area contributed by atoms with Crippen molar-refractivity contribution in [3.8, 4) is 0 Å². The molecule has 1 aromatic carbocycles. The smallest absolute Gasteiger partial charge is 0.0405 e. The fourth-order valence-corrected chi connectivity index (χ4v) is 2.63. The number of anilines is 1. The van der Waals surface area contributed by atoms with Crippen LogP contribution in [-0.4, -0.2) is 25.2 Å². The zero-order valence-corrected chi connectivity index (χ0v) is 14.1. The third-order valence-corrected chi connectivity index (χ3v) is 4.51. The second-order valence-corrected chi connectivity index (χ2v) is 6.09. The summed E-state index contributed by atoms with van der Waals surface area (Å²) in [6.07, 6.45) is 0. The van der Waals surface area contributed by atoms with Gasteiger partial charge in [0.05, 0.1) is 0 Å². The molecule has 2 unspecified atom stereocenters. The van der Waals surface area contributed by atoms with Gasteiger partial charge in [0, 0.05) is 30.9 Å². The van der Waals surface area contributed by atoms with Gasteiger partial charge in [0.1, 0.15) is 0 Å². The maximum absolute atomic E-state index is 5.65. The minimum absolute atomic E-state index is 0.357. The van der Waals surface area contributed by atoms with E-state index in [2.05, 4.69) is 59.1 Å². The van der Waals surface area contributed by atoms with Gasteiger partial charge in [-0.3, -0.25) is 0 Å². The highest BCUT2D eigenvalue weighted by Crippen LogP contribution is 2.30. The molecule has 0 aliphatic rings. The summed E-state index contributed by atoms with van der Waals surface area (Å²) >= 11 is 0. The average molecular weight is 277 g/mol. The molecule has 0 bridgehead atoms. The number of hydrogen-bond donors (Lipinski definition) is 3. The highest BCUT2D eigenvalue weighted by Gasteiger charge is 2.13. The van der Waals surface area contributed by atoms with Crippen LogP contribution in [0.1, 0.15) is 41.7 Å². The number of nitrogens with two attached hydrogens (primary N) is 1. The van der Waals surface area contributed by atoms with E-state index in [1.807, 2.05) is 0 Å². The molecule has 0 saturated carbocycles. The molecule has 0 saturated heterocycles. The van der Waals surface area contributed by atoms with E-state index in [1.165, 1.54) is 33.5 Å². The molecule has 0 aliphatic carbocycles. The maximum Gasteiger partial charge on any atom is 0.0405 e. The standard InChI is InChI=1S/C17H31N3/c1-10(8-18)20-11(2)9-19-17-15(6)13(4)12(3)14(5)16(17)7/h10-11,19-20H,8-9,18H2,1-7H3. The van der Waals surface area contributed by atoms with Gasteiger partial charge in [0.15, 0.2) is 0 Å². The van der Waals surface area contributed by atoms with Crippen LogP contribution in [0.4, 0.5) is 5.69 Å². The molecule has 0 fully saturated rings. The predicted molar refractivity (Wildman–Crippen MR) is 89.7 cm³/mol. The first-order chi connectivity index (χ1) is 9.29. The first kappa shape index (κ1) is 17.0. The quantitative estimate of drug-likeness (QED) is 0.749. The van der Waals surface area contributed by atoms with E-state index in [1.54, 1.807) is 0 Å².